The summed E-state index contributed by atoms with van der Waals surface area (Å²) in [4.78, 5) is 29.5. The second-order valence-electron chi connectivity index (χ2n) is 7.08. The molecule has 1 aromatic rings. The Balaban J connectivity index is 1.50. The molecule has 3 fully saturated rings. The first-order valence-corrected chi connectivity index (χ1v) is 9.60. The molecule has 1 aliphatic carbocycles. The Bertz CT molecular complexity index is 595. The van der Waals surface area contributed by atoms with E-state index in [0.29, 0.717) is 12.7 Å². The number of urea groups is 1. The number of carbonyl (C=O) groups excluding carboxylic acids is 2. The van der Waals surface area contributed by atoms with Gasteiger partial charge in [-0.3, -0.25) is 4.79 Å². The maximum atomic E-state index is 12.9. The molecule has 1 saturated carbocycles. The smallest absolute Gasteiger partial charge is 0.323 e. The van der Waals surface area contributed by atoms with Crippen molar-refractivity contribution in [3.63, 3.8) is 0 Å². The highest BCUT2D eigenvalue weighted by Gasteiger charge is 2.52. The minimum absolute atomic E-state index is 0.0199. The second kappa shape index (κ2) is 5.91. The highest BCUT2D eigenvalue weighted by molar-refractivity contribution is 7.10. The van der Waals surface area contributed by atoms with Crippen LogP contribution in [0.15, 0.2) is 17.5 Å². The van der Waals surface area contributed by atoms with Crippen LogP contribution >= 0.6 is 11.3 Å². The Morgan fingerprint density at radius 3 is 2.83 bits per heavy atom. The van der Waals surface area contributed by atoms with E-state index < -0.39 is 5.54 Å². The van der Waals surface area contributed by atoms with Crippen molar-refractivity contribution in [1.29, 1.82) is 0 Å². The molecule has 3 amide bonds. The van der Waals surface area contributed by atoms with Crippen molar-refractivity contribution in [1.82, 2.24) is 10.2 Å². The highest BCUT2D eigenvalue weighted by Crippen LogP contribution is 2.33. The molecule has 23 heavy (non-hydrogen) atoms. The lowest BCUT2D eigenvalue weighted by Gasteiger charge is -2.31. The summed E-state index contributed by atoms with van der Waals surface area (Å²) in [6.07, 6.45) is 7.15. The molecule has 1 unspecified atom stereocenters. The molecule has 0 aromatic carbocycles. The molecule has 3 heterocycles. The molecule has 2 N–H and O–H groups in total. The van der Waals surface area contributed by atoms with Gasteiger partial charge in [0.05, 0.1) is 11.4 Å². The number of quaternary nitrogens is 1. The van der Waals surface area contributed by atoms with Gasteiger partial charge in [0.25, 0.3) is 5.91 Å². The van der Waals surface area contributed by atoms with Crippen LogP contribution in [-0.4, -0.2) is 35.6 Å². The zero-order valence-corrected chi connectivity index (χ0v) is 14.2. The van der Waals surface area contributed by atoms with E-state index in [2.05, 4.69) is 22.8 Å². The SMILES string of the molecule is O=C1NC2(CCCCC2)C(=O)N1C[NH+]1CCC[C@H]1c1cccs1. The number of imide groups is 1. The molecule has 5 nitrogen and oxygen atoms in total. The van der Waals surface area contributed by atoms with Crippen LogP contribution in [0.2, 0.25) is 0 Å². The zero-order valence-electron chi connectivity index (χ0n) is 13.3. The first-order chi connectivity index (χ1) is 11.2. The Morgan fingerprint density at radius 2 is 2.09 bits per heavy atom. The van der Waals surface area contributed by atoms with Crippen LogP contribution in [-0.2, 0) is 4.79 Å². The van der Waals surface area contributed by atoms with E-state index in [-0.39, 0.29) is 11.9 Å². The maximum Gasteiger partial charge on any atom is 0.329 e. The van der Waals surface area contributed by atoms with Crippen molar-refractivity contribution in [3.05, 3.63) is 22.4 Å². The number of nitrogens with one attached hydrogen (secondary N) is 2. The number of rotatable bonds is 3. The predicted molar refractivity (Wildman–Crippen MR) is 88.2 cm³/mol. The Labute approximate surface area is 140 Å². The minimum Gasteiger partial charge on any atom is -0.323 e. The van der Waals surface area contributed by atoms with E-state index in [4.69, 9.17) is 0 Å². The monoisotopic (exact) mass is 334 g/mol. The summed E-state index contributed by atoms with van der Waals surface area (Å²) < 4.78 is 0. The molecule has 6 heteroatoms. The largest absolute Gasteiger partial charge is 0.329 e. The summed E-state index contributed by atoms with van der Waals surface area (Å²) in [6, 6.07) is 4.51. The van der Waals surface area contributed by atoms with Gasteiger partial charge in [0, 0.05) is 12.8 Å². The summed E-state index contributed by atoms with van der Waals surface area (Å²) in [5, 5.41) is 5.13. The molecule has 124 valence electrons. The molecule has 3 aliphatic rings. The highest BCUT2D eigenvalue weighted by atomic mass is 32.1. The number of carbonyl (C=O) groups is 2. The molecular weight excluding hydrogens is 310 g/mol. The first-order valence-electron chi connectivity index (χ1n) is 8.72. The third-order valence-electron chi connectivity index (χ3n) is 5.68. The van der Waals surface area contributed by atoms with Crippen LogP contribution < -0.4 is 10.2 Å². The maximum absolute atomic E-state index is 12.9. The van der Waals surface area contributed by atoms with Crippen molar-refractivity contribution in [3.8, 4) is 0 Å². The number of amides is 3. The Hall–Kier alpha value is -1.40. The summed E-state index contributed by atoms with van der Waals surface area (Å²) in [5.74, 6) is 0.0199. The van der Waals surface area contributed by atoms with Gasteiger partial charge in [-0.05, 0) is 24.3 Å². The van der Waals surface area contributed by atoms with Crippen molar-refractivity contribution in [2.75, 3.05) is 13.2 Å². The quantitative estimate of drug-likeness (QED) is 0.827. The molecule has 2 saturated heterocycles. The fourth-order valence-electron chi connectivity index (χ4n) is 4.45. The average molecular weight is 334 g/mol. The Kier molecular flexibility index (Phi) is 3.89. The zero-order chi connectivity index (χ0) is 15.9. The molecule has 2 aliphatic heterocycles. The standard InChI is InChI=1S/C17H23N3O2S/c21-15-17(8-2-1-3-9-17)18-16(22)20(15)12-19-10-4-6-13(19)14-7-5-11-23-14/h5,7,11,13H,1-4,6,8-10,12H2,(H,18,22)/p+1/t13-/m0/s1. The van der Waals surface area contributed by atoms with Gasteiger partial charge in [0.15, 0.2) is 6.67 Å². The van der Waals surface area contributed by atoms with Gasteiger partial charge in [-0.25, -0.2) is 9.69 Å². The van der Waals surface area contributed by atoms with Crippen LogP contribution in [0.5, 0.6) is 0 Å². The topological polar surface area (TPSA) is 53.9 Å². The van der Waals surface area contributed by atoms with E-state index in [1.54, 1.807) is 11.3 Å². The van der Waals surface area contributed by atoms with Crippen LogP contribution in [0.3, 0.4) is 0 Å². The number of hydrogen-bond acceptors (Lipinski definition) is 3. The third-order valence-corrected chi connectivity index (χ3v) is 6.67. The van der Waals surface area contributed by atoms with Crippen molar-refractivity contribution >= 4 is 23.3 Å². The summed E-state index contributed by atoms with van der Waals surface area (Å²) in [7, 11) is 0. The van der Waals surface area contributed by atoms with Crippen LogP contribution in [0, 0.1) is 0 Å². The average Bonchev–Trinajstić information content (AvgIpc) is 3.26. The number of thiophene rings is 1. The molecule has 1 spiro atoms. The van der Waals surface area contributed by atoms with Gasteiger partial charge >= 0.3 is 6.03 Å². The first kappa shape index (κ1) is 15.1. The third kappa shape index (κ3) is 2.58. The van der Waals surface area contributed by atoms with Crippen LogP contribution in [0.1, 0.15) is 55.9 Å². The minimum atomic E-state index is -0.590. The second-order valence-corrected chi connectivity index (χ2v) is 8.06. The van der Waals surface area contributed by atoms with Gasteiger partial charge in [0.2, 0.25) is 0 Å². The van der Waals surface area contributed by atoms with E-state index in [1.165, 1.54) is 21.1 Å². The van der Waals surface area contributed by atoms with Gasteiger partial charge in [0.1, 0.15) is 11.6 Å². The van der Waals surface area contributed by atoms with Gasteiger partial charge in [-0.1, -0.05) is 25.3 Å². The van der Waals surface area contributed by atoms with Crippen molar-refractivity contribution in [2.24, 2.45) is 0 Å². The molecule has 0 bridgehead atoms. The van der Waals surface area contributed by atoms with Gasteiger partial charge in [-0.2, -0.15) is 0 Å². The lowest BCUT2D eigenvalue weighted by atomic mass is 9.82. The van der Waals surface area contributed by atoms with Gasteiger partial charge in [-0.15, -0.1) is 11.3 Å². The fourth-order valence-corrected chi connectivity index (χ4v) is 5.37. The van der Waals surface area contributed by atoms with Crippen LogP contribution in [0.4, 0.5) is 4.79 Å². The molecule has 0 radical (unpaired) electrons. The number of hydrogen-bond donors (Lipinski definition) is 2. The summed E-state index contributed by atoms with van der Waals surface area (Å²) in [6.45, 7) is 1.54. The van der Waals surface area contributed by atoms with Gasteiger partial charge < -0.3 is 10.2 Å². The Morgan fingerprint density at radius 1 is 1.26 bits per heavy atom. The molecule has 1 aromatic heterocycles. The molecular formula is C17H24N3O2S+. The lowest BCUT2D eigenvalue weighted by Crippen LogP contribution is -3.12. The number of nitrogens with zero attached hydrogens (tertiary/aromatic N) is 1. The van der Waals surface area contributed by atoms with E-state index in [1.807, 2.05) is 0 Å². The molecule has 4 rings (SSSR count). The molecule has 2 atom stereocenters. The van der Waals surface area contributed by atoms with Crippen LogP contribution in [0.25, 0.3) is 0 Å². The normalized spacial score (nSPS) is 30.2. The van der Waals surface area contributed by atoms with Crippen molar-refractivity contribution < 1.29 is 14.5 Å². The number of likely N-dealkylation sites (tertiary alicyclic amines) is 1. The summed E-state index contributed by atoms with van der Waals surface area (Å²) >= 11 is 1.78. The summed E-state index contributed by atoms with van der Waals surface area (Å²) in [5.41, 5.74) is -0.590. The van der Waals surface area contributed by atoms with E-state index in [9.17, 15) is 9.59 Å². The fraction of sp³-hybridized carbons (Fsp3) is 0.647. The van der Waals surface area contributed by atoms with E-state index in [0.717, 1.165) is 45.1 Å². The van der Waals surface area contributed by atoms with E-state index >= 15 is 0 Å². The predicted octanol–water partition coefficient (Wildman–Crippen LogP) is 1.68. The lowest BCUT2D eigenvalue weighted by molar-refractivity contribution is -0.925. The van der Waals surface area contributed by atoms with Crippen molar-refractivity contribution in [2.45, 2.75) is 56.5 Å².